The number of carbonyl (C=O) groups is 1. The van der Waals surface area contributed by atoms with Crippen LogP contribution in [-0.2, 0) is 4.74 Å². The van der Waals surface area contributed by atoms with E-state index in [9.17, 15) is 4.79 Å². The van der Waals surface area contributed by atoms with Crippen LogP contribution in [0.1, 0.15) is 10.4 Å². The van der Waals surface area contributed by atoms with E-state index in [0.29, 0.717) is 27.2 Å². The largest absolute Gasteiger partial charge is 0.494 e. The average molecular weight is 415 g/mol. The van der Waals surface area contributed by atoms with Crippen LogP contribution < -0.4 is 4.74 Å². The lowest BCUT2D eigenvalue weighted by Gasteiger charge is -2.08. The van der Waals surface area contributed by atoms with Crippen LogP contribution in [0.15, 0.2) is 53.7 Å². The number of carbonyl (C=O) groups excluding carboxylic acids is 1. The summed E-state index contributed by atoms with van der Waals surface area (Å²) in [6.07, 6.45) is 0. The Morgan fingerprint density at radius 2 is 2.07 bits per heavy atom. The number of aromatic nitrogens is 4. The molecule has 1 heterocycles. The molecule has 0 saturated heterocycles. The summed E-state index contributed by atoms with van der Waals surface area (Å²) < 4.78 is 12.0. The monoisotopic (exact) mass is 414 g/mol. The molecule has 0 N–H and O–H groups in total. The van der Waals surface area contributed by atoms with Crippen LogP contribution in [0.25, 0.3) is 5.69 Å². The van der Waals surface area contributed by atoms with Crippen molar-refractivity contribution in [2.45, 2.75) is 5.16 Å². The van der Waals surface area contributed by atoms with Gasteiger partial charge in [0.25, 0.3) is 0 Å². The van der Waals surface area contributed by atoms with Crippen molar-refractivity contribution in [3.05, 3.63) is 59.1 Å². The summed E-state index contributed by atoms with van der Waals surface area (Å²) in [5.41, 5.74) is 1.13. The first kappa shape index (κ1) is 19.7. The summed E-state index contributed by atoms with van der Waals surface area (Å²) in [4.78, 5) is 11.9. The third kappa shape index (κ3) is 5.03. The minimum Gasteiger partial charge on any atom is -0.494 e. The third-order valence-electron chi connectivity index (χ3n) is 3.49. The molecule has 0 atom stereocenters. The number of esters is 1. The van der Waals surface area contributed by atoms with Crippen LogP contribution in [0.4, 0.5) is 0 Å². The van der Waals surface area contributed by atoms with Crippen molar-refractivity contribution in [1.29, 1.82) is 0 Å². The average Bonchev–Trinajstić information content (AvgIpc) is 3.18. The van der Waals surface area contributed by atoms with E-state index in [1.54, 1.807) is 36.1 Å². The number of tetrazole rings is 1. The SMILES string of the molecule is COc1ccccc1-n1nnnc1SCC#CCOC(=O)c1cccc(Cl)c1. The van der Waals surface area contributed by atoms with Gasteiger partial charge in [0.05, 0.1) is 18.4 Å². The van der Waals surface area contributed by atoms with Crippen LogP contribution in [-0.4, -0.2) is 45.6 Å². The molecule has 0 bridgehead atoms. The van der Waals surface area contributed by atoms with Crippen molar-refractivity contribution < 1.29 is 14.3 Å². The Labute approximate surface area is 171 Å². The van der Waals surface area contributed by atoms with Crippen molar-refractivity contribution in [3.63, 3.8) is 0 Å². The Kier molecular flexibility index (Phi) is 6.89. The van der Waals surface area contributed by atoms with Gasteiger partial charge in [0.1, 0.15) is 11.4 Å². The lowest BCUT2D eigenvalue weighted by atomic mass is 10.2. The van der Waals surface area contributed by atoms with Gasteiger partial charge < -0.3 is 9.47 Å². The van der Waals surface area contributed by atoms with E-state index < -0.39 is 5.97 Å². The van der Waals surface area contributed by atoms with Gasteiger partial charge in [0.15, 0.2) is 6.61 Å². The highest BCUT2D eigenvalue weighted by Gasteiger charge is 2.12. The Bertz CT molecular complexity index is 1030. The molecular formula is C19H15ClN4O3S. The zero-order valence-corrected chi connectivity index (χ0v) is 16.4. The molecule has 0 fully saturated rings. The fourth-order valence-corrected chi connectivity index (χ4v) is 3.07. The number of nitrogens with zero attached hydrogens (tertiary/aromatic N) is 4. The first-order valence-corrected chi connectivity index (χ1v) is 9.48. The molecule has 2 aromatic carbocycles. The second kappa shape index (κ2) is 9.78. The number of hydrogen-bond acceptors (Lipinski definition) is 7. The summed E-state index contributed by atoms with van der Waals surface area (Å²) >= 11 is 7.22. The molecule has 0 amide bonds. The molecule has 0 saturated carbocycles. The standard InChI is InChI=1S/C19H15ClN4O3S/c1-26-17-10-3-2-9-16(17)24-19(21-22-23-24)28-12-5-4-11-27-18(25)14-7-6-8-15(20)13-14/h2-3,6-10,13H,11-12H2,1H3. The number of halogens is 1. The summed E-state index contributed by atoms with van der Waals surface area (Å²) in [5, 5.41) is 12.8. The van der Waals surface area contributed by atoms with Gasteiger partial charge in [-0.1, -0.05) is 53.4 Å². The van der Waals surface area contributed by atoms with E-state index >= 15 is 0 Å². The topological polar surface area (TPSA) is 79.1 Å². The van der Waals surface area contributed by atoms with Gasteiger partial charge in [-0.15, -0.1) is 5.10 Å². The predicted molar refractivity (Wildman–Crippen MR) is 106 cm³/mol. The van der Waals surface area contributed by atoms with Crippen LogP contribution in [0.3, 0.4) is 0 Å². The molecule has 0 radical (unpaired) electrons. The first-order chi connectivity index (χ1) is 13.7. The number of benzene rings is 2. The maximum Gasteiger partial charge on any atom is 0.339 e. The molecule has 0 aliphatic rings. The van der Waals surface area contributed by atoms with Crippen molar-refractivity contribution in [2.75, 3.05) is 19.5 Å². The molecule has 1 aromatic heterocycles. The van der Waals surface area contributed by atoms with Crippen molar-refractivity contribution in [2.24, 2.45) is 0 Å². The summed E-state index contributed by atoms with van der Waals surface area (Å²) in [6.45, 7) is -0.0106. The van der Waals surface area contributed by atoms with Gasteiger partial charge in [-0.2, -0.15) is 4.68 Å². The Hall–Kier alpha value is -3.02. The lowest BCUT2D eigenvalue weighted by molar-refractivity contribution is 0.0556. The fraction of sp³-hybridized carbons (Fsp3) is 0.158. The van der Waals surface area contributed by atoms with Crippen LogP contribution in [0.2, 0.25) is 5.02 Å². The van der Waals surface area contributed by atoms with Gasteiger partial charge in [-0.3, -0.25) is 0 Å². The minimum atomic E-state index is -0.468. The lowest BCUT2D eigenvalue weighted by Crippen LogP contribution is -2.05. The Morgan fingerprint density at radius 3 is 2.89 bits per heavy atom. The smallest absolute Gasteiger partial charge is 0.339 e. The fourth-order valence-electron chi connectivity index (χ4n) is 2.23. The van der Waals surface area contributed by atoms with Gasteiger partial charge in [-0.05, 0) is 40.8 Å². The van der Waals surface area contributed by atoms with Gasteiger partial charge in [-0.25, -0.2) is 4.79 Å². The highest BCUT2D eigenvalue weighted by Crippen LogP contribution is 2.25. The number of para-hydroxylation sites is 2. The van der Waals surface area contributed by atoms with Gasteiger partial charge >= 0.3 is 5.97 Å². The number of rotatable bonds is 6. The maximum atomic E-state index is 11.9. The normalized spacial score (nSPS) is 10.1. The minimum absolute atomic E-state index is 0.0106. The molecule has 0 aliphatic carbocycles. The highest BCUT2D eigenvalue weighted by molar-refractivity contribution is 7.99. The van der Waals surface area contributed by atoms with E-state index in [4.69, 9.17) is 21.1 Å². The Morgan fingerprint density at radius 1 is 1.21 bits per heavy atom. The van der Waals surface area contributed by atoms with Crippen LogP contribution in [0.5, 0.6) is 5.75 Å². The number of methoxy groups -OCH3 is 1. The van der Waals surface area contributed by atoms with Gasteiger partial charge in [0.2, 0.25) is 5.16 Å². The second-order valence-electron chi connectivity index (χ2n) is 5.27. The van der Waals surface area contributed by atoms with Crippen molar-refractivity contribution in [3.8, 4) is 23.3 Å². The van der Waals surface area contributed by atoms with Crippen molar-refractivity contribution >= 4 is 29.3 Å². The molecule has 3 rings (SSSR count). The summed E-state index contributed by atoms with van der Waals surface area (Å²) in [6, 6.07) is 14.0. The molecule has 142 valence electrons. The molecule has 0 spiro atoms. The van der Waals surface area contributed by atoms with E-state index in [0.717, 1.165) is 5.69 Å². The molecule has 0 unspecified atom stereocenters. The summed E-state index contributed by atoms with van der Waals surface area (Å²) in [7, 11) is 1.59. The zero-order valence-electron chi connectivity index (χ0n) is 14.8. The first-order valence-electron chi connectivity index (χ1n) is 8.12. The van der Waals surface area contributed by atoms with E-state index in [1.165, 1.54) is 11.8 Å². The molecular weight excluding hydrogens is 400 g/mol. The molecule has 0 aliphatic heterocycles. The molecule has 3 aromatic rings. The maximum absolute atomic E-state index is 11.9. The number of ether oxygens (including phenoxy) is 2. The highest BCUT2D eigenvalue weighted by atomic mass is 35.5. The van der Waals surface area contributed by atoms with Gasteiger partial charge in [0, 0.05) is 5.02 Å². The quantitative estimate of drug-likeness (QED) is 0.348. The zero-order chi connectivity index (χ0) is 19.8. The Balaban J connectivity index is 1.53. The van der Waals surface area contributed by atoms with Crippen LogP contribution in [0, 0.1) is 11.8 Å². The molecule has 28 heavy (non-hydrogen) atoms. The van der Waals surface area contributed by atoms with E-state index in [-0.39, 0.29) is 6.61 Å². The van der Waals surface area contributed by atoms with E-state index in [1.807, 2.05) is 24.3 Å². The van der Waals surface area contributed by atoms with Crippen molar-refractivity contribution in [1.82, 2.24) is 20.2 Å². The summed E-state index contributed by atoms with van der Waals surface area (Å²) in [5.74, 6) is 6.34. The molecule has 9 heteroatoms. The number of hydrogen-bond donors (Lipinski definition) is 0. The molecule has 7 nitrogen and oxygen atoms in total. The number of thioether (sulfide) groups is 1. The van der Waals surface area contributed by atoms with E-state index in [2.05, 4.69) is 27.4 Å². The predicted octanol–water partition coefficient (Wildman–Crippen LogP) is 3.28. The second-order valence-corrected chi connectivity index (χ2v) is 6.65. The third-order valence-corrected chi connectivity index (χ3v) is 4.53. The van der Waals surface area contributed by atoms with Crippen LogP contribution >= 0.6 is 23.4 Å².